The van der Waals surface area contributed by atoms with Gasteiger partial charge in [0.05, 0.1) is 11.2 Å². The summed E-state index contributed by atoms with van der Waals surface area (Å²) in [7, 11) is 0. The van der Waals surface area contributed by atoms with Gasteiger partial charge in [-0.15, -0.1) is 0 Å². The molecule has 1 aromatic carbocycles. The van der Waals surface area contributed by atoms with Crippen molar-refractivity contribution in [3.05, 3.63) is 28.8 Å². The van der Waals surface area contributed by atoms with Crippen LogP contribution in [-0.2, 0) is 0 Å². The normalized spacial score (nSPS) is 11.3. The molecule has 0 radical (unpaired) electrons. The first-order valence-electron chi connectivity index (χ1n) is 5.91. The minimum Gasteiger partial charge on any atom is -0.507 e. The molecule has 4 nitrogen and oxygen atoms in total. The summed E-state index contributed by atoms with van der Waals surface area (Å²) in [6.45, 7) is 3.87. The van der Waals surface area contributed by atoms with Crippen LogP contribution < -0.4 is 5.32 Å². The first-order valence-corrected chi connectivity index (χ1v) is 6.28. The predicted octanol–water partition coefficient (Wildman–Crippen LogP) is 2.33. The van der Waals surface area contributed by atoms with Crippen LogP contribution in [0.5, 0.6) is 5.75 Å². The molecule has 0 aliphatic rings. The number of benzene rings is 1. The number of aliphatic hydroxyl groups is 1. The molecule has 0 spiro atoms. The van der Waals surface area contributed by atoms with Crippen molar-refractivity contribution in [1.29, 1.82) is 0 Å². The average Bonchev–Trinajstić information content (AvgIpc) is 2.35. The zero-order valence-electron chi connectivity index (χ0n) is 10.5. The summed E-state index contributed by atoms with van der Waals surface area (Å²) in [5.74, 6) is -0.596. The van der Waals surface area contributed by atoms with Crippen LogP contribution in [0.4, 0.5) is 0 Å². The number of carbonyl (C=O) groups is 1. The van der Waals surface area contributed by atoms with Crippen LogP contribution in [0.25, 0.3) is 0 Å². The molecule has 5 heteroatoms. The fraction of sp³-hybridized carbons (Fsp3) is 0.462. The summed E-state index contributed by atoms with van der Waals surface area (Å²) in [5.41, 5.74) is -0.758. The average molecular weight is 272 g/mol. The Bertz CT molecular complexity index is 430. The second-order valence-corrected chi connectivity index (χ2v) is 4.71. The second-order valence-electron chi connectivity index (χ2n) is 4.28. The van der Waals surface area contributed by atoms with Gasteiger partial charge in [-0.3, -0.25) is 4.79 Å². The Morgan fingerprint density at radius 2 is 2.00 bits per heavy atom. The van der Waals surface area contributed by atoms with Gasteiger partial charge in [0.15, 0.2) is 0 Å². The maximum absolute atomic E-state index is 11.8. The molecule has 0 aromatic heterocycles. The maximum atomic E-state index is 11.8. The summed E-state index contributed by atoms with van der Waals surface area (Å²) >= 11 is 5.68. The quantitative estimate of drug-likeness (QED) is 0.770. The number of amides is 1. The van der Waals surface area contributed by atoms with E-state index in [0.717, 1.165) is 0 Å². The number of rotatable bonds is 5. The molecule has 100 valence electrons. The Morgan fingerprint density at radius 1 is 1.39 bits per heavy atom. The summed E-state index contributed by atoms with van der Waals surface area (Å²) in [6, 6.07) is 4.29. The maximum Gasteiger partial charge on any atom is 0.255 e. The molecule has 0 atom stereocenters. The van der Waals surface area contributed by atoms with E-state index >= 15 is 0 Å². The van der Waals surface area contributed by atoms with Crippen molar-refractivity contribution in [2.45, 2.75) is 32.3 Å². The van der Waals surface area contributed by atoms with Gasteiger partial charge >= 0.3 is 0 Å². The Hall–Kier alpha value is -1.26. The molecule has 1 amide bonds. The lowest BCUT2D eigenvalue weighted by Crippen LogP contribution is -2.42. The van der Waals surface area contributed by atoms with Crippen molar-refractivity contribution >= 4 is 17.5 Å². The van der Waals surface area contributed by atoms with E-state index in [1.54, 1.807) is 0 Å². The van der Waals surface area contributed by atoms with Crippen LogP contribution >= 0.6 is 11.6 Å². The van der Waals surface area contributed by atoms with Gasteiger partial charge in [-0.05, 0) is 31.0 Å². The number of carbonyl (C=O) groups excluding carboxylic acids is 1. The van der Waals surface area contributed by atoms with Gasteiger partial charge < -0.3 is 15.5 Å². The van der Waals surface area contributed by atoms with Crippen molar-refractivity contribution in [3.8, 4) is 5.75 Å². The standard InChI is InChI=1S/C13H18ClNO3/c1-3-13(18,4-2)8-15-12(17)10-6-5-9(14)7-11(10)16/h5-7,16,18H,3-4,8H2,1-2H3,(H,15,17). The number of aromatic hydroxyl groups is 1. The van der Waals surface area contributed by atoms with Crippen LogP contribution in [-0.4, -0.2) is 28.3 Å². The number of phenols is 1. The van der Waals surface area contributed by atoms with Gasteiger partial charge in [-0.1, -0.05) is 25.4 Å². The Balaban J connectivity index is 2.71. The van der Waals surface area contributed by atoms with Crippen LogP contribution in [0.3, 0.4) is 0 Å². The third kappa shape index (κ3) is 3.62. The van der Waals surface area contributed by atoms with E-state index < -0.39 is 11.5 Å². The van der Waals surface area contributed by atoms with Crippen LogP contribution in [0, 0.1) is 0 Å². The van der Waals surface area contributed by atoms with Gasteiger partial charge in [0.25, 0.3) is 5.91 Å². The summed E-state index contributed by atoms with van der Waals surface area (Å²) in [6.07, 6.45) is 1.10. The highest BCUT2D eigenvalue weighted by atomic mass is 35.5. The molecule has 0 saturated carbocycles. The van der Waals surface area contributed by atoms with Gasteiger partial charge in [0.2, 0.25) is 0 Å². The summed E-state index contributed by atoms with van der Waals surface area (Å²) < 4.78 is 0. The van der Waals surface area contributed by atoms with E-state index in [-0.39, 0.29) is 17.9 Å². The molecule has 0 unspecified atom stereocenters. The van der Waals surface area contributed by atoms with E-state index in [2.05, 4.69) is 5.32 Å². The molecule has 0 bridgehead atoms. The third-order valence-corrected chi connectivity index (χ3v) is 3.33. The minimum absolute atomic E-state index is 0.147. The molecule has 0 saturated heterocycles. The molecule has 1 rings (SSSR count). The van der Waals surface area contributed by atoms with E-state index in [1.165, 1.54) is 18.2 Å². The lowest BCUT2D eigenvalue weighted by atomic mass is 9.97. The molecule has 1 aromatic rings. The molecule has 18 heavy (non-hydrogen) atoms. The molecule has 3 N–H and O–H groups in total. The Morgan fingerprint density at radius 3 is 2.50 bits per heavy atom. The van der Waals surface area contributed by atoms with Crippen molar-refractivity contribution < 1.29 is 15.0 Å². The van der Waals surface area contributed by atoms with Crippen LogP contribution in [0.15, 0.2) is 18.2 Å². The fourth-order valence-corrected chi connectivity index (χ4v) is 1.70. The van der Waals surface area contributed by atoms with Gasteiger partial charge in [-0.25, -0.2) is 0 Å². The number of hydrogen-bond donors (Lipinski definition) is 3. The smallest absolute Gasteiger partial charge is 0.255 e. The largest absolute Gasteiger partial charge is 0.507 e. The summed E-state index contributed by atoms with van der Waals surface area (Å²) in [4.78, 5) is 11.8. The number of phenolic OH excluding ortho intramolecular Hbond substituents is 1. The molecule has 0 aliphatic heterocycles. The molecular formula is C13H18ClNO3. The topological polar surface area (TPSA) is 69.6 Å². The highest BCUT2D eigenvalue weighted by molar-refractivity contribution is 6.30. The van der Waals surface area contributed by atoms with Gasteiger partial charge in [0.1, 0.15) is 5.75 Å². The zero-order valence-corrected chi connectivity index (χ0v) is 11.3. The van der Waals surface area contributed by atoms with Crippen molar-refractivity contribution in [3.63, 3.8) is 0 Å². The second kappa shape index (κ2) is 6.07. The van der Waals surface area contributed by atoms with E-state index in [0.29, 0.717) is 17.9 Å². The van der Waals surface area contributed by atoms with Crippen molar-refractivity contribution in [1.82, 2.24) is 5.32 Å². The Kier molecular flexibility index (Phi) is 4.99. The third-order valence-electron chi connectivity index (χ3n) is 3.10. The highest BCUT2D eigenvalue weighted by Crippen LogP contribution is 2.22. The SMILES string of the molecule is CCC(O)(CC)CNC(=O)c1ccc(Cl)cc1O. The monoisotopic (exact) mass is 271 g/mol. The first-order chi connectivity index (χ1) is 8.41. The van der Waals surface area contributed by atoms with Crippen molar-refractivity contribution in [2.75, 3.05) is 6.54 Å². The zero-order chi connectivity index (χ0) is 13.8. The number of hydrogen-bond acceptors (Lipinski definition) is 3. The van der Waals surface area contributed by atoms with Crippen LogP contribution in [0.2, 0.25) is 5.02 Å². The van der Waals surface area contributed by atoms with Crippen LogP contribution in [0.1, 0.15) is 37.0 Å². The number of nitrogens with one attached hydrogen (secondary N) is 1. The van der Waals surface area contributed by atoms with E-state index in [4.69, 9.17) is 11.6 Å². The summed E-state index contributed by atoms with van der Waals surface area (Å²) in [5, 5.41) is 22.6. The van der Waals surface area contributed by atoms with Crippen molar-refractivity contribution in [2.24, 2.45) is 0 Å². The minimum atomic E-state index is -0.905. The van der Waals surface area contributed by atoms with Gasteiger partial charge in [0, 0.05) is 11.6 Å². The molecule has 0 heterocycles. The molecular weight excluding hydrogens is 254 g/mol. The highest BCUT2D eigenvalue weighted by Gasteiger charge is 2.23. The lowest BCUT2D eigenvalue weighted by molar-refractivity contribution is 0.0313. The lowest BCUT2D eigenvalue weighted by Gasteiger charge is -2.25. The predicted molar refractivity (Wildman–Crippen MR) is 71.0 cm³/mol. The van der Waals surface area contributed by atoms with E-state index in [1.807, 2.05) is 13.8 Å². The molecule has 0 fully saturated rings. The Labute approximate surface area is 112 Å². The first kappa shape index (κ1) is 14.8. The number of halogens is 1. The van der Waals surface area contributed by atoms with E-state index in [9.17, 15) is 15.0 Å². The van der Waals surface area contributed by atoms with Gasteiger partial charge in [-0.2, -0.15) is 0 Å². The molecule has 0 aliphatic carbocycles. The fourth-order valence-electron chi connectivity index (χ4n) is 1.54.